The smallest absolute Gasteiger partial charge is 0.0582 e. The van der Waals surface area contributed by atoms with Crippen molar-refractivity contribution in [3.8, 4) is 0 Å². The average Bonchev–Trinajstić information content (AvgIpc) is 2.26. The monoisotopic (exact) mass is 221 g/mol. The van der Waals surface area contributed by atoms with E-state index in [-0.39, 0.29) is 12.6 Å². The number of hydrogen-bond donors (Lipinski definition) is 2. The van der Waals surface area contributed by atoms with Crippen molar-refractivity contribution in [2.75, 3.05) is 6.61 Å². The predicted octanol–water partition coefficient (Wildman–Crippen LogP) is 2.39. The van der Waals surface area contributed by atoms with Gasteiger partial charge in [-0.05, 0) is 62.4 Å². The Bertz CT molecular complexity index is 345. The zero-order valence-corrected chi connectivity index (χ0v) is 11.0. The molecule has 1 unspecified atom stereocenters. The molecular formula is C14H23NO. The summed E-state index contributed by atoms with van der Waals surface area (Å²) >= 11 is 0. The summed E-state index contributed by atoms with van der Waals surface area (Å²) < 4.78 is 0. The fourth-order valence-corrected chi connectivity index (χ4v) is 1.90. The third-order valence-corrected chi connectivity index (χ3v) is 3.42. The number of hydrogen-bond acceptors (Lipinski definition) is 2. The lowest BCUT2D eigenvalue weighted by molar-refractivity contribution is 0.251. The molecule has 0 spiro atoms. The van der Waals surface area contributed by atoms with Crippen LogP contribution in [0.2, 0.25) is 0 Å². The maximum absolute atomic E-state index is 9.00. The maximum Gasteiger partial charge on any atom is 0.0582 e. The van der Waals surface area contributed by atoms with Crippen LogP contribution >= 0.6 is 0 Å². The molecule has 0 heterocycles. The molecule has 0 amide bonds. The molecule has 0 aliphatic carbocycles. The first-order valence-corrected chi connectivity index (χ1v) is 5.87. The van der Waals surface area contributed by atoms with Crippen molar-refractivity contribution in [2.45, 2.75) is 47.2 Å². The molecule has 2 nitrogen and oxygen atoms in total. The normalized spacial score (nSPS) is 12.9. The van der Waals surface area contributed by atoms with Crippen molar-refractivity contribution in [1.29, 1.82) is 0 Å². The SMILES string of the molecule is Cc1cc(C)c(C)c(CNC(C)CO)c1C. The Kier molecular flexibility index (Phi) is 4.51. The Morgan fingerprint density at radius 1 is 1.12 bits per heavy atom. The van der Waals surface area contributed by atoms with Gasteiger partial charge in [0.15, 0.2) is 0 Å². The van der Waals surface area contributed by atoms with Gasteiger partial charge >= 0.3 is 0 Å². The van der Waals surface area contributed by atoms with Crippen LogP contribution in [0.3, 0.4) is 0 Å². The second-order valence-corrected chi connectivity index (χ2v) is 4.70. The van der Waals surface area contributed by atoms with Gasteiger partial charge in [-0.25, -0.2) is 0 Å². The first kappa shape index (κ1) is 13.2. The molecule has 0 saturated carbocycles. The second-order valence-electron chi connectivity index (χ2n) is 4.70. The standard InChI is InChI=1S/C14H23NO/c1-9-6-10(2)13(5)14(12(9)4)7-15-11(3)8-16/h6,11,15-16H,7-8H2,1-5H3. The quantitative estimate of drug-likeness (QED) is 0.818. The Morgan fingerprint density at radius 3 is 2.06 bits per heavy atom. The molecule has 1 rings (SSSR count). The van der Waals surface area contributed by atoms with Gasteiger partial charge in [0.25, 0.3) is 0 Å². The molecule has 16 heavy (non-hydrogen) atoms. The van der Waals surface area contributed by atoms with Gasteiger partial charge in [-0.2, -0.15) is 0 Å². The minimum Gasteiger partial charge on any atom is -0.395 e. The number of rotatable bonds is 4. The van der Waals surface area contributed by atoms with Crippen molar-refractivity contribution in [3.63, 3.8) is 0 Å². The highest BCUT2D eigenvalue weighted by Gasteiger charge is 2.09. The van der Waals surface area contributed by atoms with Gasteiger partial charge in [0.05, 0.1) is 6.61 Å². The first-order valence-electron chi connectivity index (χ1n) is 5.87. The molecule has 0 aromatic heterocycles. The lowest BCUT2D eigenvalue weighted by atomic mass is 9.94. The molecule has 2 heteroatoms. The Balaban J connectivity index is 2.94. The van der Waals surface area contributed by atoms with Crippen molar-refractivity contribution in [3.05, 3.63) is 33.9 Å². The van der Waals surface area contributed by atoms with Gasteiger partial charge in [-0.15, -0.1) is 0 Å². The van der Waals surface area contributed by atoms with E-state index in [1.807, 2.05) is 6.92 Å². The molecule has 1 aromatic carbocycles. The zero-order chi connectivity index (χ0) is 12.3. The highest BCUT2D eigenvalue weighted by Crippen LogP contribution is 2.21. The summed E-state index contributed by atoms with van der Waals surface area (Å²) in [6.07, 6.45) is 0. The molecule has 1 atom stereocenters. The van der Waals surface area contributed by atoms with E-state index in [2.05, 4.69) is 39.1 Å². The minimum atomic E-state index is 0.152. The van der Waals surface area contributed by atoms with Crippen LogP contribution in [0.5, 0.6) is 0 Å². The maximum atomic E-state index is 9.00. The molecule has 2 N–H and O–H groups in total. The summed E-state index contributed by atoms with van der Waals surface area (Å²) in [5.41, 5.74) is 6.78. The van der Waals surface area contributed by atoms with Crippen LogP contribution in [0.25, 0.3) is 0 Å². The molecule has 0 bridgehead atoms. The molecule has 0 radical (unpaired) electrons. The highest BCUT2D eigenvalue weighted by atomic mass is 16.3. The Morgan fingerprint density at radius 2 is 1.62 bits per heavy atom. The van der Waals surface area contributed by atoms with E-state index in [4.69, 9.17) is 5.11 Å². The summed E-state index contributed by atoms with van der Waals surface area (Å²) in [4.78, 5) is 0. The van der Waals surface area contributed by atoms with Crippen molar-refractivity contribution < 1.29 is 5.11 Å². The molecular weight excluding hydrogens is 198 g/mol. The van der Waals surface area contributed by atoms with E-state index in [9.17, 15) is 0 Å². The number of aliphatic hydroxyl groups is 1. The number of benzene rings is 1. The van der Waals surface area contributed by atoms with Crippen LogP contribution in [-0.4, -0.2) is 17.8 Å². The van der Waals surface area contributed by atoms with Gasteiger partial charge in [0.2, 0.25) is 0 Å². The summed E-state index contributed by atoms with van der Waals surface area (Å²) in [7, 11) is 0. The largest absolute Gasteiger partial charge is 0.395 e. The van der Waals surface area contributed by atoms with Gasteiger partial charge in [0.1, 0.15) is 0 Å². The number of aryl methyl sites for hydroxylation is 2. The van der Waals surface area contributed by atoms with Crippen LogP contribution in [0.15, 0.2) is 6.07 Å². The topological polar surface area (TPSA) is 32.3 Å². The molecule has 1 aromatic rings. The van der Waals surface area contributed by atoms with Gasteiger partial charge < -0.3 is 10.4 Å². The molecule has 0 saturated heterocycles. The Labute approximate surface area is 98.7 Å². The molecule has 90 valence electrons. The summed E-state index contributed by atoms with van der Waals surface area (Å²) in [6, 6.07) is 2.39. The lowest BCUT2D eigenvalue weighted by Crippen LogP contribution is -2.29. The molecule has 0 aliphatic heterocycles. The van der Waals surface area contributed by atoms with E-state index < -0.39 is 0 Å². The second kappa shape index (κ2) is 5.46. The van der Waals surface area contributed by atoms with E-state index in [0.717, 1.165) is 6.54 Å². The fourth-order valence-electron chi connectivity index (χ4n) is 1.90. The zero-order valence-electron chi connectivity index (χ0n) is 11.0. The summed E-state index contributed by atoms with van der Waals surface area (Å²) in [5.74, 6) is 0. The number of nitrogens with one attached hydrogen (secondary N) is 1. The molecule has 0 aliphatic rings. The summed E-state index contributed by atoms with van der Waals surface area (Å²) in [5, 5.41) is 12.3. The fraction of sp³-hybridized carbons (Fsp3) is 0.571. The van der Waals surface area contributed by atoms with Crippen molar-refractivity contribution >= 4 is 0 Å². The van der Waals surface area contributed by atoms with Gasteiger partial charge in [-0.1, -0.05) is 6.07 Å². The van der Waals surface area contributed by atoms with Crippen LogP contribution in [0, 0.1) is 27.7 Å². The van der Waals surface area contributed by atoms with Crippen LogP contribution < -0.4 is 5.32 Å². The highest BCUT2D eigenvalue weighted by molar-refractivity contribution is 5.43. The van der Waals surface area contributed by atoms with E-state index in [1.165, 1.54) is 27.8 Å². The minimum absolute atomic E-state index is 0.152. The Hall–Kier alpha value is -0.860. The lowest BCUT2D eigenvalue weighted by Gasteiger charge is -2.18. The predicted molar refractivity (Wildman–Crippen MR) is 68.8 cm³/mol. The first-order chi connectivity index (χ1) is 7.47. The van der Waals surface area contributed by atoms with Gasteiger partial charge in [0, 0.05) is 12.6 Å². The van der Waals surface area contributed by atoms with Crippen LogP contribution in [-0.2, 0) is 6.54 Å². The summed E-state index contributed by atoms with van der Waals surface area (Å²) in [6.45, 7) is 11.7. The van der Waals surface area contributed by atoms with Crippen LogP contribution in [0.1, 0.15) is 34.7 Å². The van der Waals surface area contributed by atoms with Crippen LogP contribution in [0.4, 0.5) is 0 Å². The van der Waals surface area contributed by atoms with E-state index >= 15 is 0 Å². The molecule has 0 fully saturated rings. The van der Waals surface area contributed by atoms with Gasteiger partial charge in [-0.3, -0.25) is 0 Å². The number of aliphatic hydroxyl groups excluding tert-OH is 1. The third kappa shape index (κ3) is 2.83. The van der Waals surface area contributed by atoms with E-state index in [0.29, 0.717) is 0 Å². The van der Waals surface area contributed by atoms with E-state index in [1.54, 1.807) is 0 Å². The average molecular weight is 221 g/mol. The van der Waals surface area contributed by atoms with Crippen molar-refractivity contribution in [1.82, 2.24) is 5.32 Å². The van der Waals surface area contributed by atoms with Crippen molar-refractivity contribution in [2.24, 2.45) is 0 Å². The third-order valence-electron chi connectivity index (χ3n) is 3.42.